The van der Waals surface area contributed by atoms with Crippen LogP contribution in [0.2, 0.25) is 0 Å². The highest BCUT2D eigenvalue weighted by molar-refractivity contribution is 7.09. The smallest absolute Gasteiger partial charge is 0.238 e. The highest BCUT2D eigenvalue weighted by Crippen LogP contribution is 2.25. The quantitative estimate of drug-likeness (QED) is 0.664. The Morgan fingerprint density at radius 3 is 2.47 bits per heavy atom. The van der Waals surface area contributed by atoms with Gasteiger partial charge >= 0.3 is 0 Å². The molecular formula is C24H30N4OS. The minimum atomic E-state index is 0.0505. The number of hydrogen-bond acceptors (Lipinski definition) is 5. The predicted octanol–water partition coefficient (Wildman–Crippen LogP) is 4.35. The minimum Gasteiger partial charge on any atom is -0.324 e. The van der Waals surface area contributed by atoms with Crippen LogP contribution in [0.1, 0.15) is 31.5 Å². The monoisotopic (exact) mass is 422 g/mol. The number of aromatic nitrogens is 1. The van der Waals surface area contributed by atoms with Crippen LogP contribution in [0.25, 0.3) is 10.8 Å². The van der Waals surface area contributed by atoms with Crippen LogP contribution < -0.4 is 5.32 Å². The zero-order valence-corrected chi connectivity index (χ0v) is 18.8. The van der Waals surface area contributed by atoms with Crippen molar-refractivity contribution >= 4 is 33.7 Å². The van der Waals surface area contributed by atoms with Crippen LogP contribution in [-0.4, -0.2) is 53.4 Å². The van der Waals surface area contributed by atoms with E-state index in [2.05, 4.69) is 53.4 Å². The first kappa shape index (κ1) is 21.0. The van der Waals surface area contributed by atoms with Gasteiger partial charge in [-0.1, -0.05) is 57.2 Å². The maximum atomic E-state index is 12.6. The summed E-state index contributed by atoms with van der Waals surface area (Å²) in [7, 11) is 0. The van der Waals surface area contributed by atoms with Gasteiger partial charge in [0.15, 0.2) is 0 Å². The molecule has 1 saturated heterocycles. The number of amides is 1. The van der Waals surface area contributed by atoms with E-state index in [0.717, 1.165) is 49.2 Å². The molecule has 0 aliphatic carbocycles. The van der Waals surface area contributed by atoms with Gasteiger partial charge in [0.2, 0.25) is 5.91 Å². The van der Waals surface area contributed by atoms with Gasteiger partial charge in [-0.2, -0.15) is 0 Å². The fourth-order valence-electron chi connectivity index (χ4n) is 3.75. The van der Waals surface area contributed by atoms with Gasteiger partial charge in [0, 0.05) is 48.0 Å². The van der Waals surface area contributed by atoms with Crippen molar-refractivity contribution in [2.45, 2.75) is 32.7 Å². The lowest BCUT2D eigenvalue weighted by molar-refractivity contribution is -0.117. The Morgan fingerprint density at radius 1 is 1.03 bits per heavy atom. The zero-order chi connectivity index (χ0) is 21.1. The number of rotatable bonds is 5. The number of carbonyl (C=O) groups is 1. The van der Waals surface area contributed by atoms with Crippen molar-refractivity contribution in [2.24, 2.45) is 0 Å². The molecule has 4 rings (SSSR count). The van der Waals surface area contributed by atoms with E-state index in [0.29, 0.717) is 6.54 Å². The lowest BCUT2D eigenvalue weighted by atomic mass is 9.93. The van der Waals surface area contributed by atoms with Crippen LogP contribution in [-0.2, 0) is 16.8 Å². The summed E-state index contributed by atoms with van der Waals surface area (Å²) in [6, 6.07) is 14.2. The predicted molar refractivity (Wildman–Crippen MR) is 125 cm³/mol. The number of anilines is 1. The molecule has 3 aromatic rings. The third kappa shape index (κ3) is 5.06. The van der Waals surface area contributed by atoms with E-state index in [-0.39, 0.29) is 11.3 Å². The normalized spacial score (nSPS) is 16.1. The second-order valence-electron chi connectivity index (χ2n) is 9.00. The van der Waals surface area contributed by atoms with Crippen LogP contribution in [0.3, 0.4) is 0 Å². The fourth-order valence-corrected chi connectivity index (χ4v) is 4.81. The Morgan fingerprint density at radius 2 is 1.73 bits per heavy atom. The number of carbonyl (C=O) groups excluding carboxylic acids is 1. The van der Waals surface area contributed by atoms with Crippen LogP contribution in [0.5, 0.6) is 0 Å². The van der Waals surface area contributed by atoms with E-state index < -0.39 is 0 Å². The molecule has 0 bridgehead atoms. The van der Waals surface area contributed by atoms with E-state index >= 15 is 0 Å². The molecule has 6 heteroatoms. The second kappa shape index (κ2) is 8.84. The van der Waals surface area contributed by atoms with Crippen molar-refractivity contribution in [3.63, 3.8) is 0 Å². The summed E-state index contributed by atoms with van der Waals surface area (Å²) in [5.74, 6) is 0.0505. The van der Waals surface area contributed by atoms with Gasteiger partial charge < -0.3 is 5.32 Å². The van der Waals surface area contributed by atoms with Crippen LogP contribution in [0, 0.1) is 0 Å². The van der Waals surface area contributed by atoms with Crippen LogP contribution in [0.4, 0.5) is 5.69 Å². The lowest BCUT2D eigenvalue weighted by Gasteiger charge is -2.33. The van der Waals surface area contributed by atoms with Gasteiger partial charge in [0.05, 0.1) is 18.8 Å². The Bertz CT molecular complexity index is 1010. The van der Waals surface area contributed by atoms with E-state index in [1.807, 2.05) is 30.3 Å². The maximum Gasteiger partial charge on any atom is 0.238 e. The van der Waals surface area contributed by atoms with E-state index in [4.69, 9.17) is 4.98 Å². The van der Waals surface area contributed by atoms with Crippen molar-refractivity contribution in [1.82, 2.24) is 14.8 Å². The summed E-state index contributed by atoms with van der Waals surface area (Å²) in [5, 5.41) is 8.68. The highest BCUT2D eigenvalue weighted by atomic mass is 32.1. The van der Waals surface area contributed by atoms with Crippen molar-refractivity contribution in [3.8, 4) is 0 Å². The molecule has 0 radical (unpaired) electrons. The number of piperazine rings is 1. The molecule has 0 unspecified atom stereocenters. The molecule has 1 N–H and O–H groups in total. The largest absolute Gasteiger partial charge is 0.324 e. The molecule has 1 aromatic heterocycles. The summed E-state index contributed by atoms with van der Waals surface area (Å²) in [6.45, 7) is 11.7. The summed E-state index contributed by atoms with van der Waals surface area (Å²) in [5.41, 5.74) is 2.16. The number of fused-ring (bicyclic) bond motifs is 1. The molecule has 0 saturated carbocycles. The lowest BCUT2D eigenvalue weighted by Crippen LogP contribution is -2.48. The van der Waals surface area contributed by atoms with Gasteiger partial charge in [-0.15, -0.1) is 11.3 Å². The highest BCUT2D eigenvalue weighted by Gasteiger charge is 2.22. The first-order valence-corrected chi connectivity index (χ1v) is 11.4. The Hall–Kier alpha value is -2.28. The second-order valence-corrected chi connectivity index (χ2v) is 9.95. The summed E-state index contributed by atoms with van der Waals surface area (Å²) >= 11 is 1.75. The van der Waals surface area contributed by atoms with Crippen molar-refractivity contribution in [3.05, 3.63) is 58.5 Å². The summed E-state index contributed by atoms with van der Waals surface area (Å²) in [4.78, 5) is 22.1. The molecule has 158 valence electrons. The molecule has 5 nitrogen and oxygen atoms in total. The van der Waals surface area contributed by atoms with E-state index in [9.17, 15) is 4.79 Å². The molecule has 1 amide bonds. The van der Waals surface area contributed by atoms with Gasteiger partial charge in [-0.25, -0.2) is 4.98 Å². The zero-order valence-electron chi connectivity index (χ0n) is 18.0. The minimum absolute atomic E-state index is 0.0505. The molecule has 1 fully saturated rings. The summed E-state index contributed by atoms with van der Waals surface area (Å²) < 4.78 is 0. The summed E-state index contributed by atoms with van der Waals surface area (Å²) in [6.07, 6.45) is 0. The number of hydrogen-bond donors (Lipinski definition) is 1. The average Bonchev–Trinajstić information content (AvgIpc) is 3.19. The maximum absolute atomic E-state index is 12.6. The standard InChI is InChI=1S/C24H30N4OS/c1-24(2,3)21-17-30-23(26-21)16-28-13-11-27(12-14-28)15-22(29)25-20-10-6-8-18-7-4-5-9-19(18)20/h4-10,17H,11-16H2,1-3H3,(H,25,29). The molecule has 2 aromatic carbocycles. The number of thiazole rings is 1. The molecule has 30 heavy (non-hydrogen) atoms. The molecule has 1 aliphatic rings. The van der Waals surface area contributed by atoms with Gasteiger partial charge in [0.25, 0.3) is 0 Å². The van der Waals surface area contributed by atoms with Crippen molar-refractivity contribution in [2.75, 3.05) is 38.0 Å². The van der Waals surface area contributed by atoms with Crippen molar-refractivity contribution in [1.29, 1.82) is 0 Å². The number of nitrogens with zero attached hydrogens (tertiary/aromatic N) is 3. The third-order valence-corrected chi connectivity index (χ3v) is 6.41. The molecular weight excluding hydrogens is 392 g/mol. The first-order chi connectivity index (χ1) is 14.4. The molecule has 2 heterocycles. The molecule has 1 aliphatic heterocycles. The van der Waals surface area contributed by atoms with Crippen LogP contribution >= 0.6 is 11.3 Å². The van der Waals surface area contributed by atoms with E-state index in [1.54, 1.807) is 11.3 Å². The Balaban J connectivity index is 1.27. The Labute approximate surface area is 182 Å². The van der Waals surface area contributed by atoms with E-state index in [1.165, 1.54) is 10.7 Å². The van der Waals surface area contributed by atoms with Gasteiger partial charge in [-0.05, 0) is 11.5 Å². The van der Waals surface area contributed by atoms with Crippen molar-refractivity contribution < 1.29 is 4.79 Å². The van der Waals surface area contributed by atoms with Gasteiger partial charge in [0.1, 0.15) is 5.01 Å². The number of nitrogens with one attached hydrogen (secondary N) is 1. The topological polar surface area (TPSA) is 48.5 Å². The average molecular weight is 423 g/mol. The fraction of sp³-hybridized carbons (Fsp3) is 0.417. The van der Waals surface area contributed by atoms with Gasteiger partial charge in [-0.3, -0.25) is 14.6 Å². The molecule has 0 spiro atoms. The third-order valence-electron chi connectivity index (χ3n) is 5.57. The molecule has 0 atom stereocenters. The number of benzene rings is 2. The Kier molecular flexibility index (Phi) is 6.18. The van der Waals surface area contributed by atoms with Crippen LogP contribution in [0.15, 0.2) is 47.8 Å². The SMILES string of the molecule is CC(C)(C)c1csc(CN2CCN(CC(=O)Nc3cccc4ccccc34)CC2)n1. The first-order valence-electron chi connectivity index (χ1n) is 10.6.